The zero-order chi connectivity index (χ0) is 16.1. The van der Waals surface area contributed by atoms with Crippen molar-refractivity contribution in [3.8, 4) is 0 Å². The molecule has 0 bridgehead atoms. The summed E-state index contributed by atoms with van der Waals surface area (Å²) in [5, 5.41) is 5.82. The van der Waals surface area contributed by atoms with Gasteiger partial charge in [-0.3, -0.25) is 4.79 Å². The lowest BCUT2D eigenvalue weighted by Gasteiger charge is -2.34. The third-order valence-corrected chi connectivity index (χ3v) is 4.70. The lowest BCUT2D eigenvalue weighted by molar-refractivity contribution is -0.133. The second-order valence-corrected chi connectivity index (χ2v) is 6.43. The lowest BCUT2D eigenvalue weighted by Crippen LogP contribution is -2.47. The number of nitrogens with zero attached hydrogens (tertiary/aromatic N) is 1. The summed E-state index contributed by atoms with van der Waals surface area (Å²) in [6.45, 7) is 5.07. The molecule has 1 heterocycles. The largest absolute Gasteiger partial charge is 0.339 e. The number of amides is 1. The van der Waals surface area contributed by atoms with Gasteiger partial charge in [0.05, 0.1) is 6.42 Å². The van der Waals surface area contributed by atoms with Crippen molar-refractivity contribution in [2.45, 2.75) is 38.6 Å². The van der Waals surface area contributed by atoms with Gasteiger partial charge in [-0.25, -0.2) is 0 Å². The maximum atomic E-state index is 12.8. The van der Waals surface area contributed by atoms with Crippen molar-refractivity contribution in [1.82, 2.24) is 10.2 Å². The van der Waals surface area contributed by atoms with E-state index in [0.29, 0.717) is 12.5 Å². The van der Waals surface area contributed by atoms with Crippen LogP contribution in [0.1, 0.15) is 31.7 Å². The minimum absolute atomic E-state index is 0.272. The van der Waals surface area contributed by atoms with Crippen molar-refractivity contribution in [2.24, 2.45) is 0 Å². The van der Waals surface area contributed by atoms with Crippen LogP contribution < -0.4 is 5.32 Å². The molecule has 1 aliphatic heterocycles. The first kappa shape index (κ1) is 16.0. The summed E-state index contributed by atoms with van der Waals surface area (Å²) < 4.78 is 0. The van der Waals surface area contributed by atoms with Crippen LogP contribution in [0.3, 0.4) is 0 Å². The molecule has 122 valence electrons. The maximum absolute atomic E-state index is 12.8. The smallest absolute Gasteiger partial charge is 0.227 e. The van der Waals surface area contributed by atoms with E-state index in [2.05, 4.69) is 47.5 Å². The minimum atomic E-state index is 0.272. The number of fused-ring (bicyclic) bond motifs is 1. The van der Waals surface area contributed by atoms with Crippen molar-refractivity contribution in [2.75, 3.05) is 19.6 Å². The molecule has 0 spiro atoms. The van der Waals surface area contributed by atoms with Gasteiger partial charge in [-0.1, -0.05) is 49.4 Å². The van der Waals surface area contributed by atoms with Gasteiger partial charge in [0, 0.05) is 12.6 Å². The summed E-state index contributed by atoms with van der Waals surface area (Å²) in [5.41, 5.74) is 1.11. The van der Waals surface area contributed by atoms with E-state index in [1.165, 1.54) is 10.8 Å². The number of carbonyl (C=O) groups excluding carboxylic acids is 1. The zero-order valence-corrected chi connectivity index (χ0v) is 13.9. The Morgan fingerprint density at radius 2 is 1.87 bits per heavy atom. The van der Waals surface area contributed by atoms with Gasteiger partial charge in [-0.05, 0) is 48.7 Å². The molecule has 3 heteroatoms. The predicted octanol–water partition coefficient (Wildman–Crippen LogP) is 3.37. The minimum Gasteiger partial charge on any atom is -0.339 e. The van der Waals surface area contributed by atoms with Gasteiger partial charge >= 0.3 is 0 Å². The van der Waals surface area contributed by atoms with E-state index >= 15 is 0 Å². The van der Waals surface area contributed by atoms with E-state index in [9.17, 15) is 4.79 Å². The molecule has 3 nitrogen and oxygen atoms in total. The highest BCUT2D eigenvalue weighted by Crippen LogP contribution is 2.18. The quantitative estimate of drug-likeness (QED) is 0.918. The Morgan fingerprint density at radius 3 is 2.61 bits per heavy atom. The van der Waals surface area contributed by atoms with Crippen LogP contribution in [-0.4, -0.2) is 36.5 Å². The van der Waals surface area contributed by atoms with Crippen molar-refractivity contribution in [3.05, 3.63) is 48.0 Å². The van der Waals surface area contributed by atoms with Gasteiger partial charge < -0.3 is 10.2 Å². The van der Waals surface area contributed by atoms with Crippen molar-refractivity contribution >= 4 is 16.7 Å². The molecular weight excluding hydrogens is 284 g/mol. The molecule has 2 aromatic rings. The molecule has 1 aliphatic rings. The monoisotopic (exact) mass is 310 g/mol. The molecular formula is C20H26N2O. The Kier molecular flexibility index (Phi) is 5.29. The number of piperidine rings is 1. The summed E-state index contributed by atoms with van der Waals surface area (Å²) in [7, 11) is 0. The molecule has 3 rings (SSSR count). The summed E-state index contributed by atoms with van der Waals surface area (Å²) in [4.78, 5) is 15.0. The average Bonchev–Trinajstić information content (AvgIpc) is 2.60. The standard InChI is InChI=1S/C20H26N2O/c1-2-13-22(19-9-11-21-12-10-19)20(23)15-16-7-8-17-5-3-4-6-18(17)14-16/h3-8,14,19,21H,2,9-13,15H2,1H3. The Hall–Kier alpha value is -1.87. The van der Waals surface area contributed by atoms with E-state index in [1.807, 2.05) is 12.1 Å². The third kappa shape index (κ3) is 3.91. The first-order valence-electron chi connectivity index (χ1n) is 8.76. The number of hydrogen-bond donors (Lipinski definition) is 1. The van der Waals surface area contributed by atoms with Gasteiger partial charge in [0.25, 0.3) is 0 Å². The molecule has 2 aromatic carbocycles. The van der Waals surface area contributed by atoms with Crippen LogP contribution in [0, 0.1) is 0 Å². The Morgan fingerprint density at radius 1 is 1.13 bits per heavy atom. The zero-order valence-electron chi connectivity index (χ0n) is 13.9. The highest BCUT2D eigenvalue weighted by molar-refractivity contribution is 5.85. The van der Waals surface area contributed by atoms with Crippen molar-refractivity contribution in [3.63, 3.8) is 0 Å². The lowest BCUT2D eigenvalue weighted by atomic mass is 10.0. The fourth-order valence-electron chi connectivity index (χ4n) is 3.50. The average molecular weight is 310 g/mol. The Labute approximate surface area is 138 Å². The van der Waals surface area contributed by atoms with Crippen LogP contribution in [0.5, 0.6) is 0 Å². The summed E-state index contributed by atoms with van der Waals surface area (Å²) >= 11 is 0. The van der Waals surface area contributed by atoms with E-state index in [0.717, 1.165) is 44.5 Å². The first-order chi connectivity index (χ1) is 11.3. The normalized spacial score (nSPS) is 15.7. The van der Waals surface area contributed by atoms with Gasteiger partial charge in [-0.15, -0.1) is 0 Å². The predicted molar refractivity (Wildman–Crippen MR) is 95.5 cm³/mol. The van der Waals surface area contributed by atoms with E-state index in [1.54, 1.807) is 0 Å². The molecule has 0 atom stereocenters. The maximum Gasteiger partial charge on any atom is 0.227 e. The molecule has 1 N–H and O–H groups in total. The first-order valence-corrected chi connectivity index (χ1v) is 8.76. The van der Waals surface area contributed by atoms with Gasteiger partial charge in [0.2, 0.25) is 5.91 Å². The molecule has 0 saturated carbocycles. The molecule has 0 radical (unpaired) electrons. The summed E-state index contributed by atoms with van der Waals surface area (Å²) in [5.74, 6) is 0.272. The van der Waals surface area contributed by atoms with Crippen LogP contribution in [0.25, 0.3) is 10.8 Å². The fourth-order valence-corrected chi connectivity index (χ4v) is 3.50. The van der Waals surface area contributed by atoms with E-state index in [-0.39, 0.29) is 5.91 Å². The highest BCUT2D eigenvalue weighted by atomic mass is 16.2. The van der Waals surface area contributed by atoms with E-state index < -0.39 is 0 Å². The second-order valence-electron chi connectivity index (χ2n) is 6.43. The Bertz CT molecular complexity index is 661. The number of carbonyl (C=O) groups is 1. The van der Waals surface area contributed by atoms with Gasteiger partial charge in [0.1, 0.15) is 0 Å². The molecule has 1 saturated heterocycles. The summed E-state index contributed by atoms with van der Waals surface area (Å²) in [6.07, 6.45) is 3.68. The fraction of sp³-hybridized carbons (Fsp3) is 0.450. The molecule has 0 unspecified atom stereocenters. The number of rotatable bonds is 5. The van der Waals surface area contributed by atoms with Crippen molar-refractivity contribution in [1.29, 1.82) is 0 Å². The van der Waals surface area contributed by atoms with Crippen molar-refractivity contribution < 1.29 is 4.79 Å². The molecule has 23 heavy (non-hydrogen) atoms. The second kappa shape index (κ2) is 7.60. The highest BCUT2D eigenvalue weighted by Gasteiger charge is 2.24. The third-order valence-electron chi connectivity index (χ3n) is 4.70. The van der Waals surface area contributed by atoms with Crippen LogP contribution in [0.4, 0.5) is 0 Å². The van der Waals surface area contributed by atoms with Crippen LogP contribution in [0.2, 0.25) is 0 Å². The van der Waals surface area contributed by atoms with Crippen LogP contribution in [0.15, 0.2) is 42.5 Å². The van der Waals surface area contributed by atoms with Crippen LogP contribution >= 0.6 is 0 Å². The number of hydrogen-bond acceptors (Lipinski definition) is 2. The van der Waals surface area contributed by atoms with Crippen LogP contribution in [-0.2, 0) is 11.2 Å². The molecule has 1 fully saturated rings. The number of benzene rings is 2. The SMILES string of the molecule is CCCN(C(=O)Cc1ccc2ccccc2c1)C1CCNCC1. The molecule has 0 aliphatic carbocycles. The topological polar surface area (TPSA) is 32.3 Å². The van der Waals surface area contributed by atoms with Gasteiger partial charge in [0.15, 0.2) is 0 Å². The van der Waals surface area contributed by atoms with E-state index in [4.69, 9.17) is 0 Å². The number of nitrogens with one attached hydrogen (secondary N) is 1. The molecule has 0 aromatic heterocycles. The van der Waals surface area contributed by atoms with Gasteiger partial charge in [-0.2, -0.15) is 0 Å². The Balaban J connectivity index is 1.73. The summed E-state index contributed by atoms with van der Waals surface area (Å²) in [6, 6.07) is 15.1. The molecule has 1 amide bonds.